The molecule has 0 atom stereocenters. The summed E-state index contributed by atoms with van der Waals surface area (Å²) in [6, 6.07) is 19.9. The maximum atomic E-state index is 11.9. The molecule has 0 radical (unpaired) electrons. The molecular weight excluding hydrogens is 284 g/mol. The van der Waals surface area contributed by atoms with Gasteiger partial charge in [-0.3, -0.25) is 9.78 Å². The fourth-order valence-corrected chi connectivity index (χ4v) is 2.54. The van der Waals surface area contributed by atoms with Gasteiger partial charge in [0.25, 0.3) is 0 Å². The van der Waals surface area contributed by atoms with Crippen LogP contribution in [0.4, 0.5) is 5.69 Å². The lowest BCUT2D eigenvalue weighted by Gasteiger charge is -2.11. The molecule has 3 rings (SSSR count). The summed E-state index contributed by atoms with van der Waals surface area (Å²) < 4.78 is 0. The molecule has 0 amide bonds. The van der Waals surface area contributed by atoms with Crippen molar-refractivity contribution < 1.29 is 4.79 Å². The van der Waals surface area contributed by atoms with E-state index in [1.54, 1.807) is 19.3 Å². The van der Waals surface area contributed by atoms with Crippen molar-refractivity contribution in [1.29, 1.82) is 0 Å². The van der Waals surface area contributed by atoms with Gasteiger partial charge in [0, 0.05) is 24.5 Å². The highest BCUT2D eigenvalue weighted by molar-refractivity contribution is 6.00. The van der Waals surface area contributed by atoms with Gasteiger partial charge in [0.1, 0.15) is 0 Å². The quantitative estimate of drug-likeness (QED) is 0.702. The Morgan fingerprint density at radius 1 is 1.04 bits per heavy atom. The minimum absolute atomic E-state index is 0.0793. The number of hydrogen-bond donors (Lipinski definition) is 1. The number of carbonyl (C=O) groups excluding carboxylic acids is 1. The van der Waals surface area contributed by atoms with Gasteiger partial charge < -0.3 is 5.32 Å². The summed E-state index contributed by atoms with van der Waals surface area (Å²) in [6.45, 7) is 2.29. The second-order valence-corrected chi connectivity index (χ2v) is 5.40. The number of nitrogens with one attached hydrogen (secondary N) is 1. The SMILES string of the molecule is CC(=O)c1ccc(CNc2cccnc2)cc1-c1ccccc1. The van der Waals surface area contributed by atoms with E-state index in [1.165, 1.54) is 0 Å². The Bertz CT molecular complexity index is 798. The summed E-state index contributed by atoms with van der Waals surface area (Å²) in [5.74, 6) is 0.0793. The van der Waals surface area contributed by atoms with Crippen LogP contribution in [0.2, 0.25) is 0 Å². The number of carbonyl (C=O) groups is 1. The topological polar surface area (TPSA) is 42.0 Å². The zero-order chi connectivity index (χ0) is 16.1. The van der Waals surface area contributed by atoms with Crippen molar-refractivity contribution in [1.82, 2.24) is 4.98 Å². The Morgan fingerprint density at radius 2 is 1.87 bits per heavy atom. The van der Waals surface area contributed by atoms with E-state index in [0.29, 0.717) is 6.54 Å². The molecule has 3 aromatic rings. The zero-order valence-electron chi connectivity index (χ0n) is 13.0. The third kappa shape index (κ3) is 3.64. The standard InChI is InChI=1S/C20H18N2O/c1-15(23)19-10-9-16(13-22-18-8-5-11-21-14-18)12-20(19)17-6-3-2-4-7-17/h2-12,14,22H,13H2,1H3. The van der Waals surface area contributed by atoms with Crippen molar-refractivity contribution in [2.45, 2.75) is 13.5 Å². The number of aromatic nitrogens is 1. The molecule has 0 aliphatic rings. The van der Waals surface area contributed by atoms with E-state index >= 15 is 0 Å². The molecule has 0 spiro atoms. The molecule has 0 saturated heterocycles. The van der Waals surface area contributed by atoms with Crippen molar-refractivity contribution in [3.8, 4) is 11.1 Å². The van der Waals surface area contributed by atoms with E-state index in [1.807, 2.05) is 54.6 Å². The molecule has 0 aliphatic carbocycles. The lowest BCUT2D eigenvalue weighted by Crippen LogP contribution is -2.02. The average Bonchev–Trinajstić information content (AvgIpc) is 2.61. The van der Waals surface area contributed by atoms with Crippen LogP contribution in [0.1, 0.15) is 22.8 Å². The highest BCUT2D eigenvalue weighted by Crippen LogP contribution is 2.26. The number of rotatable bonds is 5. The maximum absolute atomic E-state index is 11.9. The largest absolute Gasteiger partial charge is 0.380 e. The molecule has 0 saturated carbocycles. The second kappa shape index (κ2) is 6.88. The van der Waals surface area contributed by atoms with Gasteiger partial charge in [0.2, 0.25) is 0 Å². The van der Waals surface area contributed by atoms with Gasteiger partial charge >= 0.3 is 0 Å². The van der Waals surface area contributed by atoms with E-state index < -0.39 is 0 Å². The summed E-state index contributed by atoms with van der Waals surface area (Å²) in [5, 5.41) is 3.34. The average molecular weight is 302 g/mol. The number of nitrogens with zero attached hydrogens (tertiary/aromatic N) is 1. The summed E-state index contributed by atoms with van der Waals surface area (Å²) in [5.41, 5.74) is 4.88. The van der Waals surface area contributed by atoms with E-state index in [2.05, 4.69) is 16.4 Å². The van der Waals surface area contributed by atoms with Gasteiger partial charge in [-0.1, -0.05) is 42.5 Å². The normalized spacial score (nSPS) is 10.3. The lowest BCUT2D eigenvalue weighted by atomic mass is 9.95. The fourth-order valence-electron chi connectivity index (χ4n) is 2.54. The van der Waals surface area contributed by atoms with Crippen LogP contribution < -0.4 is 5.32 Å². The predicted molar refractivity (Wildman–Crippen MR) is 93.4 cm³/mol. The van der Waals surface area contributed by atoms with Crippen molar-refractivity contribution in [3.05, 3.63) is 84.2 Å². The Morgan fingerprint density at radius 3 is 2.57 bits per heavy atom. The number of benzene rings is 2. The number of hydrogen-bond acceptors (Lipinski definition) is 3. The van der Waals surface area contributed by atoms with Gasteiger partial charge in [-0.05, 0) is 41.8 Å². The molecule has 114 valence electrons. The van der Waals surface area contributed by atoms with Crippen LogP contribution in [-0.2, 0) is 6.54 Å². The molecule has 1 heterocycles. The van der Waals surface area contributed by atoms with Crippen LogP contribution in [0, 0.1) is 0 Å². The molecule has 3 heteroatoms. The van der Waals surface area contributed by atoms with Crippen LogP contribution in [0.3, 0.4) is 0 Å². The van der Waals surface area contributed by atoms with Crippen LogP contribution in [0.25, 0.3) is 11.1 Å². The number of ketones is 1. The second-order valence-electron chi connectivity index (χ2n) is 5.40. The first kappa shape index (κ1) is 15.0. The first-order valence-corrected chi connectivity index (χ1v) is 7.57. The van der Waals surface area contributed by atoms with Crippen LogP contribution in [0.5, 0.6) is 0 Å². The van der Waals surface area contributed by atoms with Crippen LogP contribution >= 0.6 is 0 Å². The Hall–Kier alpha value is -2.94. The Labute approximate surface area is 136 Å². The van der Waals surface area contributed by atoms with Gasteiger partial charge in [-0.15, -0.1) is 0 Å². The van der Waals surface area contributed by atoms with E-state index in [9.17, 15) is 4.79 Å². The van der Waals surface area contributed by atoms with Crippen LogP contribution in [0.15, 0.2) is 73.1 Å². The Kier molecular flexibility index (Phi) is 4.48. The van der Waals surface area contributed by atoms with Crippen molar-refractivity contribution in [2.75, 3.05) is 5.32 Å². The molecule has 0 fully saturated rings. The smallest absolute Gasteiger partial charge is 0.160 e. The highest BCUT2D eigenvalue weighted by atomic mass is 16.1. The molecule has 1 aromatic heterocycles. The van der Waals surface area contributed by atoms with Gasteiger partial charge in [0.15, 0.2) is 5.78 Å². The van der Waals surface area contributed by atoms with Crippen molar-refractivity contribution in [2.24, 2.45) is 0 Å². The number of anilines is 1. The first-order valence-electron chi connectivity index (χ1n) is 7.57. The molecule has 3 nitrogen and oxygen atoms in total. The molecule has 23 heavy (non-hydrogen) atoms. The summed E-state index contributed by atoms with van der Waals surface area (Å²) in [4.78, 5) is 16.0. The minimum atomic E-state index is 0.0793. The van der Waals surface area contributed by atoms with E-state index in [4.69, 9.17) is 0 Å². The first-order chi connectivity index (χ1) is 11.2. The Balaban J connectivity index is 1.90. The molecule has 0 unspecified atom stereocenters. The third-order valence-corrected chi connectivity index (χ3v) is 3.71. The molecule has 2 aromatic carbocycles. The van der Waals surface area contributed by atoms with Gasteiger partial charge in [0.05, 0.1) is 5.69 Å². The van der Waals surface area contributed by atoms with Crippen LogP contribution in [-0.4, -0.2) is 10.8 Å². The van der Waals surface area contributed by atoms with E-state index in [-0.39, 0.29) is 5.78 Å². The van der Waals surface area contributed by atoms with Crippen molar-refractivity contribution >= 4 is 11.5 Å². The van der Waals surface area contributed by atoms with Gasteiger partial charge in [-0.25, -0.2) is 0 Å². The lowest BCUT2D eigenvalue weighted by molar-refractivity contribution is 0.101. The predicted octanol–water partition coefficient (Wildman–Crippen LogP) is 4.56. The number of pyridine rings is 1. The molecule has 1 N–H and O–H groups in total. The van der Waals surface area contributed by atoms with Gasteiger partial charge in [-0.2, -0.15) is 0 Å². The third-order valence-electron chi connectivity index (χ3n) is 3.71. The molecule has 0 aliphatic heterocycles. The maximum Gasteiger partial charge on any atom is 0.160 e. The fraction of sp³-hybridized carbons (Fsp3) is 0.100. The summed E-state index contributed by atoms with van der Waals surface area (Å²) >= 11 is 0. The minimum Gasteiger partial charge on any atom is -0.380 e. The summed E-state index contributed by atoms with van der Waals surface area (Å²) in [6.07, 6.45) is 3.54. The highest BCUT2D eigenvalue weighted by Gasteiger charge is 2.10. The summed E-state index contributed by atoms with van der Waals surface area (Å²) in [7, 11) is 0. The molecule has 0 bridgehead atoms. The number of Topliss-reactive ketones (excluding diaryl/α,β-unsaturated/α-hetero) is 1. The van der Waals surface area contributed by atoms with Crippen molar-refractivity contribution in [3.63, 3.8) is 0 Å². The monoisotopic (exact) mass is 302 g/mol. The zero-order valence-corrected chi connectivity index (χ0v) is 13.0. The molecular formula is C20H18N2O. The van der Waals surface area contributed by atoms with E-state index in [0.717, 1.165) is 27.9 Å².